The Morgan fingerprint density at radius 3 is 2.37 bits per heavy atom. The molecule has 0 aliphatic rings. The number of aliphatic hydroxyl groups excluding tert-OH is 1. The zero-order valence-corrected chi connectivity index (χ0v) is 22.5. The maximum atomic E-state index is 13.3. The molecule has 1 amide bonds. The van der Waals surface area contributed by atoms with E-state index in [0.29, 0.717) is 17.7 Å². The fraction of sp³-hybridized carbons (Fsp3) is 0.321. The fourth-order valence-electron chi connectivity index (χ4n) is 3.90. The fourth-order valence-corrected chi connectivity index (χ4v) is 4.39. The third kappa shape index (κ3) is 8.09. The Labute approximate surface area is 223 Å². The van der Waals surface area contributed by atoms with Gasteiger partial charge in [-0.15, -0.1) is 0 Å². The SMILES string of the molecule is C[C@@H](NC(=O)c1cc(COC[C@@](N)(CO)Cc2ccccc2)cc(N(C)S(C)(=O)=O)c1)c1ccc(F)cc1. The number of aliphatic hydroxyl groups is 1. The second-order valence-electron chi connectivity index (χ2n) is 9.54. The highest BCUT2D eigenvalue weighted by Crippen LogP contribution is 2.23. The largest absolute Gasteiger partial charge is 0.394 e. The van der Waals surface area contributed by atoms with Crippen LogP contribution in [0.1, 0.15) is 40.0 Å². The van der Waals surface area contributed by atoms with Gasteiger partial charge in [0.1, 0.15) is 5.82 Å². The van der Waals surface area contributed by atoms with Gasteiger partial charge in [0, 0.05) is 12.6 Å². The van der Waals surface area contributed by atoms with Crippen molar-refractivity contribution in [2.45, 2.75) is 31.5 Å². The topological polar surface area (TPSA) is 122 Å². The molecule has 0 aliphatic heterocycles. The maximum Gasteiger partial charge on any atom is 0.251 e. The van der Waals surface area contributed by atoms with E-state index in [0.717, 1.165) is 21.7 Å². The van der Waals surface area contributed by atoms with Gasteiger partial charge in [0.15, 0.2) is 0 Å². The first-order valence-electron chi connectivity index (χ1n) is 12.1. The van der Waals surface area contributed by atoms with E-state index in [2.05, 4.69) is 5.32 Å². The molecule has 0 saturated heterocycles. The monoisotopic (exact) mass is 543 g/mol. The van der Waals surface area contributed by atoms with Crippen LogP contribution in [-0.4, -0.2) is 51.5 Å². The summed E-state index contributed by atoms with van der Waals surface area (Å²) in [4.78, 5) is 13.1. The molecule has 0 aliphatic carbocycles. The summed E-state index contributed by atoms with van der Waals surface area (Å²) in [5.41, 5.74) is 8.11. The van der Waals surface area contributed by atoms with Crippen LogP contribution in [-0.2, 0) is 27.8 Å². The number of anilines is 1. The molecule has 0 spiro atoms. The number of nitrogens with two attached hydrogens (primary N) is 1. The van der Waals surface area contributed by atoms with Crippen molar-refractivity contribution in [1.82, 2.24) is 5.32 Å². The molecule has 0 heterocycles. The molecule has 0 saturated carbocycles. The number of carbonyl (C=O) groups excluding carboxylic acids is 1. The van der Waals surface area contributed by atoms with Gasteiger partial charge in [0.05, 0.1) is 43.3 Å². The van der Waals surface area contributed by atoms with Crippen molar-refractivity contribution in [1.29, 1.82) is 0 Å². The Morgan fingerprint density at radius 2 is 1.76 bits per heavy atom. The van der Waals surface area contributed by atoms with Gasteiger partial charge in [0.25, 0.3) is 5.91 Å². The van der Waals surface area contributed by atoms with Crippen LogP contribution in [0.3, 0.4) is 0 Å². The predicted molar refractivity (Wildman–Crippen MR) is 146 cm³/mol. The summed E-state index contributed by atoms with van der Waals surface area (Å²) in [6, 6.07) is 19.6. The van der Waals surface area contributed by atoms with Crippen LogP contribution in [0.5, 0.6) is 0 Å². The highest BCUT2D eigenvalue weighted by atomic mass is 32.2. The molecule has 0 unspecified atom stereocenters. The number of ether oxygens (including phenoxy) is 1. The smallest absolute Gasteiger partial charge is 0.251 e. The lowest BCUT2D eigenvalue weighted by molar-refractivity contribution is 0.0457. The van der Waals surface area contributed by atoms with Crippen molar-refractivity contribution >= 4 is 21.6 Å². The number of nitrogens with one attached hydrogen (secondary N) is 1. The molecular formula is C28H34FN3O5S. The number of rotatable bonds is 12. The van der Waals surface area contributed by atoms with E-state index < -0.39 is 27.5 Å². The number of hydrogen-bond donors (Lipinski definition) is 3. The van der Waals surface area contributed by atoms with Gasteiger partial charge in [-0.2, -0.15) is 0 Å². The average molecular weight is 544 g/mol. The van der Waals surface area contributed by atoms with Gasteiger partial charge < -0.3 is 20.9 Å². The van der Waals surface area contributed by atoms with Gasteiger partial charge in [-0.25, -0.2) is 12.8 Å². The molecule has 38 heavy (non-hydrogen) atoms. The molecule has 0 fully saturated rings. The highest BCUT2D eigenvalue weighted by Gasteiger charge is 2.25. The van der Waals surface area contributed by atoms with Crippen LogP contribution < -0.4 is 15.4 Å². The highest BCUT2D eigenvalue weighted by molar-refractivity contribution is 7.92. The van der Waals surface area contributed by atoms with Crippen LogP contribution in [0.25, 0.3) is 0 Å². The normalized spacial score (nSPS) is 13.9. The van der Waals surface area contributed by atoms with Gasteiger partial charge in [-0.3, -0.25) is 9.10 Å². The first-order chi connectivity index (χ1) is 17.9. The minimum atomic E-state index is -3.60. The molecule has 8 nitrogen and oxygen atoms in total. The first-order valence-corrected chi connectivity index (χ1v) is 13.9. The van der Waals surface area contributed by atoms with E-state index in [4.69, 9.17) is 10.5 Å². The van der Waals surface area contributed by atoms with Crippen LogP contribution in [0.15, 0.2) is 72.8 Å². The van der Waals surface area contributed by atoms with Gasteiger partial charge in [-0.1, -0.05) is 42.5 Å². The third-order valence-corrected chi connectivity index (χ3v) is 7.40. The van der Waals surface area contributed by atoms with E-state index in [1.165, 1.54) is 25.2 Å². The van der Waals surface area contributed by atoms with Crippen molar-refractivity contribution in [3.8, 4) is 0 Å². The third-order valence-electron chi connectivity index (χ3n) is 6.19. The minimum Gasteiger partial charge on any atom is -0.394 e. The second-order valence-corrected chi connectivity index (χ2v) is 11.6. The molecule has 0 aromatic heterocycles. The van der Waals surface area contributed by atoms with Gasteiger partial charge >= 0.3 is 0 Å². The zero-order valence-electron chi connectivity index (χ0n) is 21.7. The second kappa shape index (κ2) is 12.5. The number of halogens is 1. The predicted octanol–water partition coefficient (Wildman–Crippen LogP) is 3.16. The van der Waals surface area contributed by atoms with Crippen LogP contribution in [0, 0.1) is 5.82 Å². The van der Waals surface area contributed by atoms with E-state index in [-0.39, 0.29) is 31.2 Å². The van der Waals surface area contributed by atoms with Gasteiger partial charge in [-0.05, 0) is 60.4 Å². The molecule has 3 aromatic rings. The number of sulfonamides is 1. The number of hydrogen-bond acceptors (Lipinski definition) is 6. The van der Waals surface area contributed by atoms with Crippen molar-refractivity contribution < 1.29 is 27.4 Å². The summed E-state index contributed by atoms with van der Waals surface area (Å²) in [6.07, 6.45) is 1.47. The Hall–Kier alpha value is -3.31. The Kier molecular flexibility index (Phi) is 9.61. The molecule has 0 radical (unpaired) electrons. The van der Waals surface area contributed by atoms with E-state index in [9.17, 15) is 22.7 Å². The molecular weight excluding hydrogens is 509 g/mol. The molecule has 2 atom stereocenters. The van der Waals surface area contributed by atoms with Crippen molar-refractivity contribution in [2.24, 2.45) is 5.73 Å². The summed E-state index contributed by atoms with van der Waals surface area (Å²) in [6.45, 7) is 1.54. The molecule has 204 valence electrons. The van der Waals surface area contributed by atoms with Crippen molar-refractivity contribution in [3.05, 3.63) is 101 Å². The average Bonchev–Trinajstić information content (AvgIpc) is 2.88. The van der Waals surface area contributed by atoms with Crippen LogP contribution >= 0.6 is 0 Å². The lowest BCUT2D eigenvalue weighted by Gasteiger charge is -2.27. The van der Waals surface area contributed by atoms with Crippen molar-refractivity contribution in [3.63, 3.8) is 0 Å². The van der Waals surface area contributed by atoms with Crippen LogP contribution in [0.2, 0.25) is 0 Å². The Bertz CT molecular complexity index is 1340. The maximum absolute atomic E-state index is 13.3. The summed E-state index contributed by atoms with van der Waals surface area (Å²) < 4.78 is 44.6. The molecule has 3 rings (SSSR count). The lowest BCUT2D eigenvalue weighted by atomic mass is 9.93. The Balaban J connectivity index is 1.79. The minimum absolute atomic E-state index is 0.0347. The standard InChI is InChI=1S/C28H34FN3O5S/c1-20(23-9-11-25(29)12-10-23)31-27(34)24-13-22(14-26(15-24)32(2)38(3,35)36)17-37-19-28(30,18-33)16-21-7-5-4-6-8-21/h4-15,20,33H,16-19,30H2,1-3H3,(H,31,34)/t20-,28+/m1/s1. The van der Waals surface area contributed by atoms with E-state index in [1.807, 2.05) is 30.3 Å². The Morgan fingerprint density at radius 1 is 1.11 bits per heavy atom. The number of carbonyl (C=O) groups is 1. The summed E-state index contributed by atoms with van der Waals surface area (Å²) in [5.74, 6) is -0.806. The molecule has 3 aromatic carbocycles. The van der Waals surface area contributed by atoms with Gasteiger partial charge in [0.2, 0.25) is 10.0 Å². The van der Waals surface area contributed by atoms with E-state index >= 15 is 0 Å². The zero-order chi connectivity index (χ0) is 27.9. The molecule has 4 N–H and O–H groups in total. The lowest BCUT2D eigenvalue weighted by Crippen LogP contribution is -2.50. The van der Waals surface area contributed by atoms with Crippen molar-refractivity contribution in [2.75, 3.05) is 30.8 Å². The number of amides is 1. The van der Waals surface area contributed by atoms with E-state index in [1.54, 1.807) is 31.2 Å². The number of benzene rings is 3. The summed E-state index contributed by atoms with van der Waals surface area (Å²) in [5, 5.41) is 12.8. The summed E-state index contributed by atoms with van der Waals surface area (Å²) in [7, 11) is -2.20. The molecule has 0 bridgehead atoms. The first kappa shape index (κ1) is 29.2. The number of nitrogens with zero attached hydrogens (tertiary/aromatic N) is 1. The molecule has 10 heteroatoms. The summed E-state index contributed by atoms with van der Waals surface area (Å²) >= 11 is 0. The van der Waals surface area contributed by atoms with Crippen LogP contribution in [0.4, 0.5) is 10.1 Å². The quantitative estimate of drug-likeness (QED) is 0.323.